The van der Waals surface area contributed by atoms with Crippen LogP contribution in [0.1, 0.15) is 31.3 Å². The lowest BCUT2D eigenvalue weighted by Crippen LogP contribution is -2.36. The van der Waals surface area contributed by atoms with Gasteiger partial charge in [0.25, 0.3) is 5.56 Å². The molecule has 3 heterocycles. The SMILES string of the molecule is CC=CC=C(C)C1Nc2cccc3c(=O)[nH]nc(c23)C1c1ncnn1C. The quantitative estimate of drug-likeness (QED) is 0.710. The molecule has 7 heteroatoms. The second kappa shape index (κ2) is 6.25. The Morgan fingerprint density at radius 1 is 1.35 bits per heavy atom. The first-order valence-electron chi connectivity index (χ1n) is 8.53. The molecule has 1 aliphatic rings. The van der Waals surface area contributed by atoms with E-state index >= 15 is 0 Å². The Morgan fingerprint density at radius 3 is 2.92 bits per heavy atom. The van der Waals surface area contributed by atoms with Gasteiger partial charge in [-0.25, -0.2) is 10.1 Å². The minimum atomic E-state index is -0.191. The van der Waals surface area contributed by atoms with Gasteiger partial charge >= 0.3 is 0 Å². The highest BCUT2D eigenvalue weighted by molar-refractivity contribution is 5.97. The Hall–Kier alpha value is -3.22. The second-order valence-corrected chi connectivity index (χ2v) is 6.44. The number of nitrogens with one attached hydrogen (secondary N) is 2. The van der Waals surface area contributed by atoms with Gasteiger partial charge in [-0.3, -0.25) is 9.48 Å². The summed E-state index contributed by atoms with van der Waals surface area (Å²) < 4.78 is 1.76. The van der Waals surface area contributed by atoms with Gasteiger partial charge in [0, 0.05) is 18.1 Å². The van der Waals surface area contributed by atoms with Gasteiger partial charge in [0.05, 0.1) is 23.0 Å². The van der Waals surface area contributed by atoms with Crippen molar-refractivity contribution in [3.05, 3.63) is 70.2 Å². The zero-order chi connectivity index (χ0) is 18.3. The van der Waals surface area contributed by atoms with Crippen LogP contribution in [0.3, 0.4) is 0 Å². The summed E-state index contributed by atoms with van der Waals surface area (Å²) >= 11 is 0. The van der Waals surface area contributed by atoms with E-state index in [2.05, 4.69) is 38.6 Å². The largest absolute Gasteiger partial charge is 0.377 e. The van der Waals surface area contributed by atoms with E-state index in [9.17, 15) is 4.79 Å². The number of H-pyrrole nitrogens is 1. The first-order valence-corrected chi connectivity index (χ1v) is 8.53. The smallest absolute Gasteiger partial charge is 0.272 e. The summed E-state index contributed by atoms with van der Waals surface area (Å²) in [6.07, 6.45) is 7.63. The van der Waals surface area contributed by atoms with Gasteiger partial charge in [0.15, 0.2) is 0 Å². The molecular formula is C19H20N6O. The maximum absolute atomic E-state index is 12.2. The van der Waals surface area contributed by atoms with Gasteiger partial charge in [-0.1, -0.05) is 29.9 Å². The summed E-state index contributed by atoms with van der Waals surface area (Å²) in [5.41, 5.74) is 2.67. The average molecular weight is 348 g/mol. The summed E-state index contributed by atoms with van der Waals surface area (Å²) in [4.78, 5) is 16.7. The number of aryl methyl sites for hydroxylation is 1. The first kappa shape index (κ1) is 16.3. The molecule has 0 amide bonds. The third kappa shape index (κ3) is 2.44. The van der Waals surface area contributed by atoms with Crippen molar-refractivity contribution in [3.63, 3.8) is 0 Å². The zero-order valence-electron chi connectivity index (χ0n) is 14.9. The number of anilines is 1. The maximum atomic E-state index is 12.2. The fourth-order valence-corrected chi connectivity index (χ4v) is 3.59. The normalized spacial score (nSPS) is 19.9. The van der Waals surface area contributed by atoms with Crippen LogP contribution in [0.5, 0.6) is 0 Å². The Labute approximate surface area is 150 Å². The molecule has 2 N–H and O–H groups in total. The van der Waals surface area contributed by atoms with E-state index in [1.165, 1.54) is 0 Å². The number of aromatic amines is 1. The zero-order valence-corrected chi connectivity index (χ0v) is 14.9. The summed E-state index contributed by atoms with van der Waals surface area (Å²) in [6, 6.07) is 5.64. The second-order valence-electron chi connectivity index (χ2n) is 6.44. The Balaban J connectivity index is 2.01. The molecule has 4 rings (SSSR count). The molecule has 0 spiro atoms. The fraction of sp³-hybridized carbons (Fsp3) is 0.263. The van der Waals surface area contributed by atoms with Gasteiger partial charge in [-0.05, 0) is 26.0 Å². The first-order chi connectivity index (χ1) is 12.6. The number of hydrogen-bond acceptors (Lipinski definition) is 5. The van der Waals surface area contributed by atoms with E-state index in [1.54, 1.807) is 11.0 Å². The van der Waals surface area contributed by atoms with E-state index < -0.39 is 0 Å². The lowest BCUT2D eigenvalue weighted by atomic mass is 9.83. The van der Waals surface area contributed by atoms with E-state index in [0.29, 0.717) is 5.39 Å². The summed E-state index contributed by atoms with van der Waals surface area (Å²) in [5, 5.41) is 16.4. The van der Waals surface area contributed by atoms with Crippen molar-refractivity contribution in [2.45, 2.75) is 25.8 Å². The van der Waals surface area contributed by atoms with Crippen molar-refractivity contribution in [1.82, 2.24) is 25.0 Å². The molecule has 1 aromatic carbocycles. The molecule has 2 atom stereocenters. The predicted octanol–water partition coefficient (Wildman–Crippen LogP) is 2.50. The molecule has 7 nitrogen and oxygen atoms in total. The summed E-state index contributed by atoms with van der Waals surface area (Å²) in [6.45, 7) is 4.07. The maximum Gasteiger partial charge on any atom is 0.272 e. The van der Waals surface area contributed by atoms with Gasteiger partial charge in [-0.2, -0.15) is 10.2 Å². The van der Waals surface area contributed by atoms with Crippen molar-refractivity contribution in [2.75, 3.05) is 5.32 Å². The number of aromatic nitrogens is 5. The van der Waals surface area contributed by atoms with Crippen molar-refractivity contribution < 1.29 is 0 Å². The standard InChI is InChI=1S/C19H20N6O/c1-4-5-7-11(2)16-15(18-20-10-21-25(18)3)17-14-12(19(26)24-23-17)8-6-9-13(14)22-16/h4-10,15-16,22H,1-3H3,(H,24,26). The van der Waals surface area contributed by atoms with Crippen molar-refractivity contribution >= 4 is 16.5 Å². The molecule has 0 bridgehead atoms. The monoisotopic (exact) mass is 348 g/mol. The number of benzene rings is 1. The van der Waals surface area contributed by atoms with Crippen LogP contribution in [0.25, 0.3) is 10.8 Å². The highest BCUT2D eigenvalue weighted by atomic mass is 16.1. The van der Waals surface area contributed by atoms with Crippen LogP contribution < -0.4 is 10.9 Å². The Bertz CT molecular complexity index is 1090. The highest BCUT2D eigenvalue weighted by Gasteiger charge is 2.37. The van der Waals surface area contributed by atoms with Crippen LogP contribution in [0, 0.1) is 0 Å². The van der Waals surface area contributed by atoms with Crippen molar-refractivity contribution in [2.24, 2.45) is 7.05 Å². The van der Waals surface area contributed by atoms with Gasteiger partial charge in [0.2, 0.25) is 0 Å². The molecule has 0 aliphatic carbocycles. The van der Waals surface area contributed by atoms with Crippen LogP contribution in [0.4, 0.5) is 5.69 Å². The molecule has 2 unspecified atom stereocenters. The molecule has 26 heavy (non-hydrogen) atoms. The van der Waals surface area contributed by atoms with Crippen molar-refractivity contribution in [1.29, 1.82) is 0 Å². The molecule has 3 aromatic rings. The average Bonchev–Trinajstić information content (AvgIpc) is 3.07. The van der Waals surface area contributed by atoms with E-state index in [4.69, 9.17) is 0 Å². The van der Waals surface area contributed by atoms with E-state index in [-0.39, 0.29) is 17.5 Å². The van der Waals surface area contributed by atoms with Gasteiger partial charge in [-0.15, -0.1) is 0 Å². The number of nitrogens with zero attached hydrogens (tertiary/aromatic N) is 4. The van der Waals surface area contributed by atoms with Crippen molar-refractivity contribution in [3.8, 4) is 0 Å². The molecule has 0 fully saturated rings. The molecule has 0 saturated carbocycles. The van der Waals surface area contributed by atoms with E-state index in [0.717, 1.165) is 28.2 Å². The summed E-state index contributed by atoms with van der Waals surface area (Å²) in [5.74, 6) is 0.629. The van der Waals surface area contributed by atoms with Crippen LogP contribution in [-0.4, -0.2) is 31.0 Å². The highest BCUT2D eigenvalue weighted by Crippen LogP contribution is 2.41. The van der Waals surface area contributed by atoms with Gasteiger partial charge < -0.3 is 5.32 Å². The lowest BCUT2D eigenvalue weighted by molar-refractivity contribution is 0.587. The van der Waals surface area contributed by atoms with Gasteiger partial charge in [0.1, 0.15) is 12.2 Å². The lowest BCUT2D eigenvalue weighted by Gasteiger charge is -2.34. The molecular weight excluding hydrogens is 328 g/mol. The fourth-order valence-electron chi connectivity index (χ4n) is 3.59. The predicted molar refractivity (Wildman–Crippen MR) is 101 cm³/mol. The molecule has 0 saturated heterocycles. The molecule has 0 radical (unpaired) electrons. The minimum absolute atomic E-state index is 0.0504. The van der Waals surface area contributed by atoms with E-state index in [1.807, 2.05) is 44.3 Å². The Morgan fingerprint density at radius 2 is 2.19 bits per heavy atom. The van der Waals surface area contributed by atoms with Crippen LogP contribution in [0.2, 0.25) is 0 Å². The summed E-state index contributed by atoms with van der Waals surface area (Å²) in [7, 11) is 1.87. The van der Waals surface area contributed by atoms with Crippen LogP contribution in [0.15, 0.2) is 53.1 Å². The number of hydrogen-bond donors (Lipinski definition) is 2. The number of rotatable bonds is 3. The van der Waals surface area contributed by atoms with Crippen LogP contribution in [-0.2, 0) is 7.05 Å². The van der Waals surface area contributed by atoms with Crippen LogP contribution >= 0.6 is 0 Å². The molecule has 132 valence electrons. The minimum Gasteiger partial charge on any atom is -0.377 e. The topological polar surface area (TPSA) is 88.5 Å². The Kier molecular flexibility index (Phi) is 3.91. The third-order valence-corrected chi connectivity index (χ3v) is 4.85. The number of allylic oxidation sites excluding steroid dienone is 3. The third-order valence-electron chi connectivity index (χ3n) is 4.85. The molecule has 2 aromatic heterocycles. The molecule has 1 aliphatic heterocycles.